The van der Waals surface area contributed by atoms with Crippen LogP contribution in [0.5, 0.6) is 0 Å². The molecule has 0 saturated heterocycles. The number of ketones is 2. The summed E-state index contributed by atoms with van der Waals surface area (Å²) in [5.41, 5.74) is 0.971. The Morgan fingerprint density at radius 3 is 2.36 bits per heavy atom. The summed E-state index contributed by atoms with van der Waals surface area (Å²) in [7, 11) is 0. The van der Waals surface area contributed by atoms with E-state index < -0.39 is 5.41 Å². The first-order valence-electron chi connectivity index (χ1n) is 8.20. The molecular weight excluding hydrogens is 332 g/mol. The molecule has 1 heterocycles. The van der Waals surface area contributed by atoms with Gasteiger partial charge < -0.3 is 0 Å². The van der Waals surface area contributed by atoms with Gasteiger partial charge in [0.05, 0.1) is 6.42 Å². The van der Waals surface area contributed by atoms with Crippen molar-refractivity contribution >= 4 is 43.1 Å². The van der Waals surface area contributed by atoms with Gasteiger partial charge in [0.2, 0.25) is 0 Å². The number of aryl methyl sites for hydroxylation is 1. The van der Waals surface area contributed by atoms with Crippen LogP contribution in [0.3, 0.4) is 0 Å². The van der Waals surface area contributed by atoms with Crippen LogP contribution in [0.1, 0.15) is 43.1 Å². The quantitative estimate of drug-likeness (QED) is 0.382. The van der Waals surface area contributed by atoms with Crippen molar-refractivity contribution in [3.63, 3.8) is 0 Å². The number of carbonyl (C=O) groups excluding carboxylic acids is 2. The third kappa shape index (κ3) is 3.40. The summed E-state index contributed by atoms with van der Waals surface area (Å²) >= 11 is 1.49. The molecule has 0 bridgehead atoms. The molecule has 0 N–H and O–H groups in total. The fourth-order valence-electron chi connectivity index (χ4n) is 2.65. The zero-order valence-electron chi connectivity index (χ0n) is 14.8. The molecule has 0 atom stereocenters. The molecule has 0 aliphatic carbocycles. The molecule has 128 valence electrons. The standard InChI is InChI=1S/C21H20O3S/c1-12-5-8-17-15(9-12)20(24)14-7-6-13(10-18(14)25-17)16(22)11-19(23)21(2,3)4/h5-10H,11H2,1-4H3. The van der Waals surface area contributed by atoms with Crippen molar-refractivity contribution in [3.8, 4) is 0 Å². The van der Waals surface area contributed by atoms with Crippen LogP contribution in [0.15, 0.2) is 41.2 Å². The zero-order valence-corrected chi connectivity index (χ0v) is 15.6. The van der Waals surface area contributed by atoms with Gasteiger partial charge in [-0.05, 0) is 31.2 Å². The lowest BCUT2D eigenvalue weighted by atomic mass is 9.87. The molecule has 0 aliphatic heterocycles. The van der Waals surface area contributed by atoms with Crippen molar-refractivity contribution in [2.45, 2.75) is 34.1 Å². The van der Waals surface area contributed by atoms with Gasteiger partial charge in [0.1, 0.15) is 5.78 Å². The van der Waals surface area contributed by atoms with E-state index in [1.807, 2.05) is 45.9 Å². The molecule has 3 rings (SSSR count). The molecule has 0 radical (unpaired) electrons. The fourth-order valence-corrected chi connectivity index (χ4v) is 3.75. The maximum absolute atomic E-state index is 12.7. The van der Waals surface area contributed by atoms with Gasteiger partial charge in [-0.2, -0.15) is 0 Å². The van der Waals surface area contributed by atoms with Crippen LogP contribution in [0.4, 0.5) is 0 Å². The van der Waals surface area contributed by atoms with Gasteiger partial charge in [0.15, 0.2) is 11.2 Å². The maximum atomic E-state index is 12.7. The smallest absolute Gasteiger partial charge is 0.195 e. The molecule has 25 heavy (non-hydrogen) atoms. The first kappa shape index (κ1) is 17.5. The molecular formula is C21H20O3S. The van der Waals surface area contributed by atoms with E-state index in [1.165, 1.54) is 11.3 Å². The average Bonchev–Trinajstić information content (AvgIpc) is 2.54. The Kier molecular flexibility index (Phi) is 4.33. The Hall–Kier alpha value is -2.33. The molecule has 4 heteroatoms. The van der Waals surface area contributed by atoms with Crippen molar-refractivity contribution in [2.24, 2.45) is 5.41 Å². The van der Waals surface area contributed by atoms with Crippen LogP contribution in [0.2, 0.25) is 0 Å². The van der Waals surface area contributed by atoms with Crippen LogP contribution < -0.4 is 5.43 Å². The Morgan fingerprint density at radius 2 is 1.68 bits per heavy atom. The van der Waals surface area contributed by atoms with Crippen molar-refractivity contribution in [1.82, 2.24) is 0 Å². The van der Waals surface area contributed by atoms with Gasteiger partial charge in [-0.25, -0.2) is 0 Å². The highest BCUT2D eigenvalue weighted by Crippen LogP contribution is 2.27. The molecule has 3 nitrogen and oxygen atoms in total. The third-order valence-corrected chi connectivity index (χ3v) is 5.44. The Bertz CT molecular complexity index is 1070. The van der Waals surface area contributed by atoms with Crippen molar-refractivity contribution < 1.29 is 9.59 Å². The molecule has 0 unspecified atom stereocenters. The Labute approximate surface area is 150 Å². The molecule has 0 saturated carbocycles. The normalized spacial score (nSPS) is 11.8. The Morgan fingerprint density at radius 1 is 0.960 bits per heavy atom. The van der Waals surface area contributed by atoms with Crippen molar-refractivity contribution in [2.75, 3.05) is 0 Å². The summed E-state index contributed by atoms with van der Waals surface area (Å²) in [6.07, 6.45) is -0.114. The molecule has 2 aromatic carbocycles. The van der Waals surface area contributed by atoms with Gasteiger partial charge >= 0.3 is 0 Å². The number of Topliss-reactive ketones (excluding diaryl/α,β-unsaturated/α-hetero) is 2. The summed E-state index contributed by atoms with van der Waals surface area (Å²) in [6.45, 7) is 7.39. The summed E-state index contributed by atoms with van der Waals surface area (Å²) < 4.78 is 1.67. The third-order valence-electron chi connectivity index (χ3n) is 4.31. The highest BCUT2D eigenvalue weighted by Gasteiger charge is 2.24. The highest BCUT2D eigenvalue weighted by molar-refractivity contribution is 7.24. The van der Waals surface area contributed by atoms with Crippen molar-refractivity contribution in [1.29, 1.82) is 0 Å². The van der Waals surface area contributed by atoms with E-state index in [1.54, 1.807) is 18.2 Å². The van der Waals surface area contributed by atoms with E-state index in [4.69, 9.17) is 0 Å². The lowest BCUT2D eigenvalue weighted by molar-refractivity contribution is -0.125. The minimum absolute atomic E-state index is 0.0165. The first-order chi connectivity index (χ1) is 11.7. The van der Waals surface area contributed by atoms with E-state index in [0.29, 0.717) is 16.3 Å². The first-order valence-corrected chi connectivity index (χ1v) is 9.02. The van der Waals surface area contributed by atoms with Gasteiger partial charge in [0, 0.05) is 31.2 Å². The second-order valence-corrected chi connectivity index (χ2v) is 8.50. The summed E-state index contributed by atoms with van der Waals surface area (Å²) in [5, 5.41) is 1.32. The number of rotatable bonds is 3. The van der Waals surface area contributed by atoms with Gasteiger partial charge in [-0.3, -0.25) is 14.4 Å². The molecule has 1 aromatic heterocycles. The molecule has 0 spiro atoms. The van der Waals surface area contributed by atoms with Crippen LogP contribution in [-0.2, 0) is 4.79 Å². The molecule has 3 aromatic rings. The van der Waals surface area contributed by atoms with E-state index in [9.17, 15) is 14.4 Å². The molecule has 0 amide bonds. The predicted octanol–water partition coefficient (Wildman–Crippen LogP) is 4.91. The van der Waals surface area contributed by atoms with E-state index in [2.05, 4.69) is 0 Å². The molecule has 0 aliphatic rings. The van der Waals surface area contributed by atoms with E-state index in [-0.39, 0.29) is 23.4 Å². The van der Waals surface area contributed by atoms with Crippen LogP contribution >= 0.6 is 11.3 Å². The predicted molar refractivity (Wildman–Crippen MR) is 104 cm³/mol. The van der Waals surface area contributed by atoms with Crippen LogP contribution in [0, 0.1) is 12.3 Å². The SMILES string of the molecule is Cc1ccc2sc3cc(C(=O)CC(=O)C(C)(C)C)ccc3c(=O)c2c1. The second-order valence-electron chi connectivity index (χ2n) is 7.41. The van der Waals surface area contributed by atoms with Crippen LogP contribution in [-0.4, -0.2) is 11.6 Å². The number of hydrogen-bond acceptors (Lipinski definition) is 4. The number of carbonyl (C=O) groups is 2. The lowest BCUT2D eigenvalue weighted by Gasteiger charge is -2.15. The maximum Gasteiger partial charge on any atom is 0.195 e. The number of hydrogen-bond donors (Lipinski definition) is 0. The second kappa shape index (κ2) is 6.19. The summed E-state index contributed by atoms with van der Waals surface area (Å²) in [4.78, 5) is 37.2. The largest absolute Gasteiger partial charge is 0.299 e. The Balaban J connectivity index is 2.07. The topological polar surface area (TPSA) is 51.2 Å². The number of benzene rings is 2. The zero-order chi connectivity index (χ0) is 18.4. The number of fused-ring (bicyclic) bond motifs is 2. The van der Waals surface area contributed by atoms with Crippen molar-refractivity contribution in [3.05, 3.63) is 57.7 Å². The summed E-state index contributed by atoms with van der Waals surface area (Å²) in [5.74, 6) is -0.287. The van der Waals surface area contributed by atoms with E-state index in [0.717, 1.165) is 15.0 Å². The lowest BCUT2D eigenvalue weighted by Crippen LogP contribution is -2.23. The fraction of sp³-hybridized carbons (Fsp3) is 0.286. The van der Waals surface area contributed by atoms with Gasteiger partial charge in [-0.1, -0.05) is 38.5 Å². The van der Waals surface area contributed by atoms with Gasteiger partial charge in [0.25, 0.3) is 0 Å². The minimum Gasteiger partial charge on any atom is -0.299 e. The minimum atomic E-state index is -0.536. The highest BCUT2D eigenvalue weighted by atomic mass is 32.1. The van der Waals surface area contributed by atoms with Crippen LogP contribution in [0.25, 0.3) is 20.2 Å². The monoisotopic (exact) mass is 352 g/mol. The van der Waals surface area contributed by atoms with E-state index >= 15 is 0 Å². The molecule has 0 fully saturated rings. The summed E-state index contributed by atoms with van der Waals surface area (Å²) in [6, 6.07) is 10.9. The average molecular weight is 352 g/mol. The van der Waals surface area contributed by atoms with Gasteiger partial charge in [-0.15, -0.1) is 11.3 Å².